The Morgan fingerprint density at radius 3 is 2.41 bits per heavy atom. The van der Waals surface area contributed by atoms with E-state index < -0.39 is 17.7 Å². The maximum absolute atomic E-state index is 14.7. The maximum Gasteiger partial charge on any atom is 0.323 e. The van der Waals surface area contributed by atoms with Gasteiger partial charge in [0.1, 0.15) is 17.2 Å². The first-order valence-corrected chi connectivity index (χ1v) is 9.69. The zero-order chi connectivity index (χ0) is 20.4. The van der Waals surface area contributed by atoms with Crippen LogP contribution in [0, 0.1) is 18.6 Å². The smallest absolute Gasteiger partial charge is 0.323 e. The molecule has 0 spiro atoms. The van der Waals surface area contributed by atoms with Crippen LogP contribution in [-0.2, 0) is 0 Å². The van der Waals surface area contributed by atoms with Gasteiger partial charge in [-0.25, -0.2) is 18.6 Å². The third-order valence-corrected chi connectivity index (χ3v) is 5.10. The monoisotopic (exact) mass is 396 g/mol. The molecule has 1 aromatic heterocycles. The number of nitrogens with one attached hydrogen (secondary N) is 2. The first kappa shape index (κ1) is 19.1. The number of piperidine rings is 1. The van der Waals surface area contributed by atoms with Crippen molar-refractivity contribution in [2.45, 2.75) is 26.2 Å². The summed E-state index contributed by atoms with van der Waals surface area (Å²) in [6, 6.07) is 10.4. The Morgan fingerprint density at radius 1 is 0.931 bits per heavy atom. The molecule has 0 saturated carbocycles. The predicted molar refractivity (Wildman–Crippen MR) is 112 cm³/mol. The molecule has 1 fully saturated rings. The minimum absolute atomic E-state index is 0.277. The highest BCUT2D eigenvalue weighted by molar-refractivity contribution is 6.01. The minimum atomic E-state index is -0.579. The maximum atomic E-state index is 14.7. The molecule has 29 heavy (non-hydrogen) atoms. The summed E-state index contributed by atoms with van der Waals surface area (Å²) >= 11 is 0. The van der Waals surface area contributed by atoms with E-state index in [0.717, 1.165) is 31.7 Å². The molecular formula is C22H22F2N4O. The second-order valence-corrected chi connectivity index (χ2v) is 7.29. The summed E-state index contributed by atoms with van der Waals surface area (Å²) in [5.41, 5.74) is 1.39. The second-order valence-electron chi connectivity index (χ2n) is 7.29. The molecule has 5 nitrogen and oxygen atoms in total. The number of pyridine rings is 1. The summed E-state index contributed by atoms with van der Waals surface area (Å²) < 4.78 is 28.3. The van der Waals surface area contributed by atoms with E-state index in [-0.39, 0.29) is 5.52 Å². The molecule has 0 atom stereocenters. The van der Waals surface area contributed by atoms with Crippen molar-refractivity contribution in [3.05, 3.63) is 59.7 Å². The van der Waals surface area contributed by atoms with Gasteiger partial charge in [-0.2, -0.15) is 0 Å². The van der Waals surface area contributed by atoms with E-state index in [9.17, 15) is 13.6 Å². The lowest BCUT2D eigenvalue weighted by Gasteiger charge is -2.27. The average molecular weight is 396 g/mol. The molecule has 4 rings (SSSR count). The average Bonchev–Trinajstić information content (AvgIpc) is 2.71. The standard InChI is InChI=1S/C22H22F2N4O/c1-14-5-7-16(12-18(14)23)25-22(29)26-17-11-15-6-8-20(27-21(15)19(24)13-17)28-9-3-2-4-10-28/h5-8,11-13H,2-4,9-10H2,1H3,(H2,25,26,29). The summed E-state index contributed by atoms with van der Waals surface area (Å²) in [5.74, 6) is -0.135. The largest absolute Gasteiger partial charge is 0.357 e. The van der Waals surface area contributed by atoms with Crippen LogP contribution in [0.5, 0.6) is 0 Å². The van der Waals surface area contributed by atoms with E-state index in [0.29, 0.717) is 22.3 Å². The lowest BCUT2D eigenvalue weighted by Crippen LogP contribution is -2.30. The first-order chi connectivity index (χ1) is 14.0. The van der Waals surface area contributed by atoms with Crippen LogP contribution in [0.15, 0.2) is 42.5 Å². The molecule has 2 aromatic carbocycles. The van der Waals surface area contributed by atoms with Crippen LogP contribution in [-0.4, -0.2) is 24.1 Å². The van der Waals surface area contributed by atoms with Gasteiger partial charge in [-0.1, -0.05) is 6.07 Å². The number of hydrogen-bond donors (Lipinski definition) is 2. The van der Waals surface area contributed by atoms with Crippen molar-refractivity contribution in [1.82, 2.24) is 4.98 Å². The number of rotatable bonds is 3. The number of anilines is 3. The lowest BCUT2D eigenvalue weighted by atomic mass is 10.1. The van der Waals surface area contributed by atoms with Crippen LogP contribution in [0.3, 0.4) is 0 Å². The molecule has 1 saturated heterocycles. The van der Waals surface area contributed by atoms with Crippen LogP contribution in [0.25, 0.3) is 10.9 Å². The van der Waals surface area contributed by atoms with E-state index in [1.54, 1.807) is 25.1 Å². The molecule has 0 radical (unpaired) electrons. The molecule has 3 aromatic rings. The topological polar surface area (TPSA) is 57.3 Å². The van der Waals surface area contributed by atoms with Crippen molar-refractivity contribution >= 4 is 34.1 Å². The van der Waals surface area contributed by atoms with Crippen LogP contribution in [0.1, 0.15) is 24.8 Å². The molecule has 1 aliphatic heterocycles. The molecular weight excluding hydrogens is 374 g/mol. The van der Waals surface area contributed by atoms with Crippen molar-refractivity contribution in [2.24, 2.45) is 0 Å². The van der Waals surface area contributed by atoms with E-state index in [4.69, 9.17) is 0 Å². The van der Waals surface area contributed by atoms with Gasteiger partial charge in [0.25, 0.3) is 0 Å². The number of halogens is 2. The Kier molecular flexibility index (Phi) is 5.29. The quantitative estimate of drug-likeness (QED) is 0.618. The van der Waals surface area contributed by atoms with Gasteiger partial charge in [-0.15, -0.1) is 0 Å². The summed E-state index contributed by atoms with van der Waals surface area (Å²) in [4.78, 5) is 18.9. The molecule has 0 unspecified atom stereocenters. The summed E-state index contributed by atoms with van der Waals surface area (Å²) in [5, 5.41) is 5.73. The summed E-state index contributed by atoms with van der Waals surface area (Å²) in [6.45, 7) is 3.50. The fourth-order valence-electron chi connectivity index (χ4n) is 3.52. The molecule has 0 bridgehead atoms. The molecule has 0 aliphatic carbocycles. The zero-order valence-corrected chi connectivity index (χ0v) is 16.1. The van der Waals surface area contributed by atoms with Gasteiger partial charge >= 0.3 is 6.03 Å². The van der Waals surface area contributed by atoms with Crippen molar-refractivity contribution in [3.63, 3.8) is 0 Å². The number of carbonyl (C=O) groups is 1. The number of nitrogens with zero attached hydrogens (tertiary/aromatic N) is 2. The van der Waals surface area contributed by atoms with E-state index >= 15 is 0 Å². The van der Waals surface area contributed by atoms with Gasteiger partial charge in [-0.05, 0) is 68.1 Å². The number of fused-ring (bicyclic) bond motifs is 1. The highest BCUT2D eigenvalue weighted by Crippen LogP contribution is 2.26. The Hall–Kier alpha value is -3.22. The Balaban J connectivity index is 1.51. The SMILES string of the molecule is Cc1ccc(NC(=O)Nc2cc(F)c3nc(N4CCCCC4)ccc3c2)cc1F. The fraction of sp³-hybridized carbons (Fsp3) is 0.273. The third-order valence-electron chi connectivity index (χ3n) is 5.10. The van der Waals surface area contributed by atoms with Crippen LogP contribution in [0.4, 0.5) is 30.8 Å². The molecule has 1 aliphatic rings. The van der Waals surface area contributed by atoms with Gasteiger partial charge in [0.2, 0.25) is 0 Å². The lowest BCUT2D eigenvalue weighted by molar-refractivity contribution is 0.262. The van der Waals surface area contributed by atoms with Crippen molar-refractivity contribution in [3.8, 4) is 0 Å². The number of benzene rings is 2. The number of aromatic nitrogens is 1. The van der Waals surface area contributed by atoms with Crippen molar-refractivity contribution < 1.29 is 13.6 Å². The number of urea groups is 1. The van der Waals surface area contributed by atoms with Gasteiger partial charge in [0.15, 0.2) is 5.82 Å². The van der Waals surface area contributed by atoms with Crippen LogP contribution >= 0.6 is 0 Å². The van der Waals surface area contributed by atoms with Crippen LogP contribution < -0.4 is 15.5 Å². The number of hydrogen-bond acceptors (Lipinski definition) is 3. The van der Waals surface area contributed by atoms with Crippen LogP contribution in [0.2, 0.25) is 0 Å². The molecule has 150 valence electrons. The van der Waals surface area contributed by atoms with E-state index in [2.05, 4.69) is 20.5 Å². The highest BCUT2D eigenvalue weighted by Gasteiger charge is 2.15. The van der Waals surface area contributed by atoms with Crippen molar-refractivity contribution in [2.75, 3.05) is 28.6 Å². The Bertz CT molecular complexity index is 1060. The Labute approximate surface area is 167 Å². The summed E-state index contributed by atoms with van der Waals surface area (Å²) in [7, 11) is 0. The van der Waals surface area contributed by atoms with Gasteiger partial charge in [-0.3, -0.25) is 0 Å². The normalized spacial score (nSPS) is 14.1. The predicted octanol–water partition coefficient (Wildman–Crippen LogP) is 5.46. The van der Waals surface area contributed by atoms with E-state index in [1.807, 2.05) is 12.1 Å². The molecule has 2 heterocycles. The summed E-state index contributed by atoms with van der Waals surface area (Å²) in [6.07, 6.45) is 3.45. The third kappa shape index (κ3) is 4.29. The van der Waals surface area contributed by atoms with Gasteiger partial charge in [0, 0.05) is 29.9 Å². The number of amides is 2. The van der Waals surface area contributed by atoms with Gasteiger partial charge < -0.3 is 15.5 Å². The Morgan fingerprint density at radius 2 is 1.66 bits per heavy atom. The zero-order valence-electron chi connectivity index (χ0n) is 16.1. The number of aryl methyl sites for hydroxylation is 1. The fourth-order valence-corrected chi connectivity index (χ4v) is 3.52. The van der Waals surface area contributed by atoms with E-state index in [1.165, 1.54) is 18.6 Å². The van der Waals surface area contributed by atoms with Gasteiger partial charge in [0.05, 0.1) is 0 Å². The van der Waals surface area contributed by atoms with Crippen molar-refractivity contribution in [1.29, 1.82) is 0 Å². The number of carbonyl (C=O) groups excluding carboxylic acids is 1. The molecule has 7 heteroatoms. The second kappa shape index (κ2) is 8.03. The first-order valence-electron chi connectivity index (χ1n) is 9.69. The highest BCUT2D eigenvalue weighted by atomic mass is 19.1. The molecule has 2 amide bonds. The minimum Gasteiger partial charge on any atom is -0.357 e. The molecule has 2 N–H and O–H groups in total.